The number of esters is 1. The van der Waals surface area contributed by atoms with Crippen LogP contribution in [0.3, 0.4) is 0 Å². The lowest BCUT2D eigenvalue weighted by Crippen LogP contribution is -2.50. The molecule has 3 aliphatic rings. The third-order valence-corrected chi connectivity index (χ3v) is 8.33. The van der Waals surface area contributed by atoms with E-state index in [1.807, 2.05) is 28.8 Å². The molecular weight excluding hydrogens is 456 g/mol. The average Bonchev–Trinajstić information content (AvgIpc) is 3.11. The Morgan fingerprint density at radius 1 is 0.944 bits per heavy atom. The van der Waals surface area contributed by atoms with Crippen molar-refractivity contribution in [1.82, 2.24) is 19.8 Å². The van der Waals surface area contributed by atoms with Crippen LogP contribution in [-0.2, 0) is 9.53 Å². The van der Waals surface area contributed by atoms with E-state index in [9.17, 15) is 14.4 Å². The number of benzene rings is 1. The number of carbonyl (C=O) groups excluding carboxylic acids is 2. The predicted molar refractivity (Wildman–Crippen MR) is 138 cm³/mol. The van der Waals surface area contributed by atoms with Gasteiger partial charge in [0.1, 0.15) is 6.54 Å². The highest BCUT2D eigenvalue weighted by Crippen LogP contribution is 2.44. The van der Waals surface area contributed by atoms with Crippen molar-refractivity contribution < 1.29 is 14.3 Å². The highest BCUT2D eigenvalue weighted by Gasteiger charge is 2.44. The van der Waals surface area contributed by atoms with Crippen molar-refractivity contribution in [2.24, 2.45) is 0 Å². The van der Waals surface area contributed by atoms with Crippen LogP contribution in [0.15, 0.2) is 29.1 Å². The Kier molecular flexibility index (Phi) is 7.70. The van der Waals surface area contributed by atoms with Gasteiger partial charge in [-0.05, 0) is 57.6 Å². The molecule has 194 valence electrons. The standard InChI is InChI=1S/C28H38N4O4/c1-2-36-25(33)18-29-27(34)26-28(35)32(24-13-9-8-12-23(24)30-26)22-16-20-14-15-21(17-22)31(20)19-10-6-4-3-5-7-11-19/h8-9,12-13,19-22H,2-7,10-11,14-18H2,1H3,(H,29,34)/t20-,21+,22?. The lowest BCUT2D eigenvalue weighted by molar-refractivity contribution is -0.141. The fourth-order valence-electron chi connectivity index (χ4n) is 6.84. The normalized spacial score (nSPS) is 25.3. The number of nitrogens with one attached hydrogen (secondary N) is 1. The number of hydrogen-bond acceptors (Lipinski definition) is 6. The molecule has 8 nitrogen and oxygen atoms in total. The molecule has 1 aliphatic carbocycles. The zero-order valence-corrected chi connectivity index (χ0v) is 21.3. The quantitative estimate of drug-likeness (QED) is 0.611. The van der Waals surface area contributed by atoms with Crippen molar-refractivity contribution in [3.8, 4) is 0 Å². The van der Waals surface area contributed by atoms with Gasteiger partial charge in [0.25, 0.3) is 11.5 Å². The average molecular weight is 495 g/mol. The Morgan fingerprint density at radius 3 is 2.31 bits per heavy atom. The first-order valence-corrected chi connectivity index (χ1v) is 13.8. The summed E-state index contributed by atoms with van der Waals surface area (Å²) in [5, 5.41) is 2.51. The van der Waals surface area contributed by atoms with Crippen LogP contribution in [0.5, 0.6) is 0 Å². The summed E-state index contributed by atoms with van der Waals surface area (Å²) in [6, 6.07) is 9.21. The van der Waals surface area contributed by atoms with Gasteiger partial charge >= 0.3 is 5.97 Å². The number of ether oxygens (including phenoxy) is 1. The molecule has 1 aromatic heterocycles. The van der Waals surface area contributed by atoms with E-state index in [1.165, 1.54) is 57.8 Å². The third kappa shape index (κ3) is 5.05. The second-order valence-electron chi connectivity index (χ2n) is 10.6. The fraction of sp³-hybridized carbons (Fsp3) is 0.643. The van der Waals surface area contributed by atoms with Crippen LogP contribution < -0.4 is 10.9 Å². The van der Waals surface area contributed by atoms with Crippen LogP contribution in [0.1, 0.15) is 94.1 Å². The molecule has 3 fully saturated rings. The van der Waals surface area contributed by atoms with Crippen LogP contribution in [-0.4, -0.2) is 57.6 Å². The molecule has 8 heteroatoms. The van der Waals surface area contributed by atoms with Crippen molar-refractivity contribution in [3.63, 3.8) is 0 Å². The molecule has 2 bridgehead atoms. The zero-order chi connectivity index (χ0) is 25.1. The summed E-state index contributed by atoms with van der Waals surface area (Å²) in [5.74, 6) is -1.17. The molecule has 3 atom stereocenters. The minimum atomic E-state index is -0.637. The Balaban J connectivity index is 1.42. The summed E-state index contributed by atoms with van der Waals surface area (Å²) in [6.45, 7) is 1.65. The molecule has 2 aromatic rings. The minimum Gasteiger partial charge on any atom is -0.465 e. The SMILES string of the molecule is CCOC(=O)CNC(=O)c1nc2ccccc2n(C2C[C@H]3CC[C@@H](C2)N3C2CCCCCCC2)c1=O. The van der Waals surface area contributed by atoms with Crippen LogP contribution in [0.25, 0.3) is 11.0 Å². The highest BCUT2D eigenvalue weighted by atomic mass is 16.5. The van der Waals surface area contributed by atoms with E-state index < -0.39 is 11.9 Å². The van der Waals surface area contributed by atoms with Crippen molar-refractivity contribution >= 4 is 22.9 Å². The van der Waals surface area contributed by atoms with Crippen LogP contribution in [0.2, 0.25) is 0 Å². The van der Waals surface area contributed by atoms with Gasteiger partial charge in [-0.3, -0.25) is 19.3 Å². The second kappa shape index (κ2) is 11.1. The Morgan fingerprint density at radius 2 is 1.61 bits per heavy atom. The first-order valence-electron chi connectivity index (χ1n) is 13.8. The summed E-state index contributed by atoms with van der Waals surface area (Å²) < 4.78 is 6.71. The molecular formula is C28H38N4O4. The van der Waals surface area contributed by atoms with E-state index in [1.54, 1.807) is 6.92 Å². The summed E-state index contributed by atoms with van der Waals surface area (Å²) in [6.07, 6.45) is 13.5. The number of para-hydroxylation sites is 2. The minimum absolute atomic E-state index is 0.0318. The van der Waals surface area contributed by atoms with E-state index in [4.69, 9.17) is 4.74 Å². The molecule has 1 amide bonds. The molecule has 1 unspecified atom stereocenters. The maximum atomic E-state index is 13.7. The van der Waals surface area contributed by atoms with Gasteiger partial charge in [0, 0.05) is 24.2 Å². The number of fused-ring (bicyclic) bond motifs is 3. The summed E-state index contributed by atoms with van der Waals surface area (Å²) in [4.78, 5) is 45.6. The maximum absolute atomic E-state index is 13.7. The fourth-order valence-corrected chi connectivity index (χ4v) is 6.84. The lowest BCUT2D eigenvalue weighted by Gasteiger charge is -2.45. The molecule has 1 N–H and O–H groups in total. The number of hydrogen-bond donors (Lipinski definition) is 1. The van der Waals surface area contributed by atoms with Gasteiger partial charge in [0.2, 0.25) is 0 Å². The molecule has 0 spiro atoms. The Labute approximate surface area is 212 Å². The van der Waals surface area contributed by atoms with Crippen LogP contribution >= 0.6 is 0 Å². The first-order chi connectivity index (χ1) is 17.6. The summed E-state index contributed by atoms with van der Waals surface area (Å²) in [5.41, 5.74) is 0.855. The van der Waals surface area contributed by atoms with Crippen molar-refractivity contribution in [3.05, 3.63) is 40.3 Å². The highest BCUT2D eigenvalue weighted by molar-refractivity contribution is 5.95. The zero-order valence-electron chi connectivity index (χ0n) is 21.3. The largest absolute Gasteiger partial charge is 0.465 e. The Hall–Kier alpha value is -2.74. The maximum Gasteiger partial charge on any atom is 0.325 e. The van der Waals surface area contributed by atoms with E-state index in [0.29, 0.717) is 23.6 Å². The van der Waals surface area contributed by atoms with Crippen molar-refractivity contribution in [2.45, 2.75) is 102 Å². The van der Waals surface area contributed by atoms with Gasteiger partial charge < -0.3 is 14.6 Å². The predicted octanol–water partition coefficient (Wildman–Crippen LogP) is 3.97. The first kappa shape index (κ1) is 24.9. The molecule has 2 aliphatic heterocycles. The van der Waals surface area contributed by atoms with Gasteiger partial charge in [-0.25, -0.2) is 4.98 Å². The monoisotopic (exact) mass is 494 g/mol. The number of aromatic nitrogens is 2. The third-order valence-electron chi connectivity index (χ3n) is 8.33. The number of piperidine rings is 1. The van der Waals surface area contributed by atoms with Crippen LogP contribution in [0.4, 0.5) is 0 Å². The summed E-state index contributed by atoms with van der Waals surface area (Å²) >= 11 is 0. The van der Waals surface area contributed by atoms with E-state index >= 15 is 0 Å². The number of carbonyl (C=O) groups is 2. The van der Waals surface area contributed by atoms with Crippen molar-refractivity contribution in [1.29, 1.82) is 0 Å². The molecule has 1 saturated carbocycles. The van der Waals surface area contributed by atoms with E-state index in [0.717, 1.165) is 18.4 Å². The van der Waals surface area contributed by atoms with Crippen LogP contribution in [0, 0.1) is 0 Å². The van der Waals surface area contributed by atoms with E-state index in [2.05, 4.69) is 15.2 Å². The molecule has 0 radical (unpaired) electrons. The molecule has 5 rings (SSSR count). The molecule has 2 saturated heterocycles. The van der Waals surface area contributed by atoms with Gasteiger partial charge in [-0.1, -0.05) is 44.2 Å². The van der Waals surface area contributed by atoms with Gasteiger partial charge in [-0.15, -0.1) is 0 Å². The molecule has 36 heavy (non-hydrogen) atoms. The summed E-state index contributed by atoms with van der Waals surface area (Å²) in [7, 11) is 0. The molecule has 3 heterocycles. The van der Waals surface area contributed by atoms with E-state index in [-0.39, 0.29) is 30.4 Å². The second-order valence-corrected chi connectivity index (χ2v) is 10.6. The number of amides is 1. The number of nitrogens with zero attached hydrogens (tertiary/aromatic N) is 3. The van der Waals surface area contributed by atoms with Gasteiger partial charge in [0.15, 0.2) is 5.69 Å². The number of rotatable bonds is 6. The molecule has 1 aromatic carbocycles. The lowest BCUT2D eigenvalue weighted by atomic mass is 9.89. The van der Waals surface area contributed by atoms with Gasteiger partial charge in [-0.2, -0.15) is 0 Å². The Bertz CT molecular complexity index is 1140. The van der Waals surface area contributed by atoms with Gasteiger partial charge in [0.05, 0.1) is 17.6 Å². The topological polar surface area (TPSA) is 93.5 Å². The van der Waals surface area contributed by atoms with Crippen molar-refractivity contribution in [2.75, 3.05) is 13.2 Å². The smallest absolute Gasteiger partial charge is 0.325 e.